The molecule has 1 fully saturated rings. The van der Waals surface area contributed by atoms with Crippen LogP contribution in [0.1, 0.15) is 49.3 Å². The third-order valence-electron chi connectivity index (χ3n) is 4.96. The summed E-state index contributed by atoms with van der Waals surface area (Å²) in [6, 6.07) is 6.13. The van der Waals surface area contributed by atoms with Gasteiger partial charge in [-0.1, -0.05) is 31.4 Å². The zero-order valence-electron chi connectivity index (χ0n) is 15.5. The molecule has 1 aromatic heterocycles. The number of aromatic nitrogens is 2. The van der Waals surface area contributed by atoms with Gasteiger partial charge >= 0.3 is 0 Å². The Morgan fingerprint density at radius 2 is 1.92 bits per heavy atom. The molecule has 1 radical (unpaired) electrons. The molecule has 0 aliphatic heterocycles. The van der Waals surface area contributed by atoms with Gasteiger partial charge in [-0.3, -0.25) is 4.79 Å². The summed E-state index contributed by atoms with van der Waals surface area (Å²) in [5.74, 6) is -0.0393. The quantitative estimate of drug-likeness (QED) is 0.581. The first-order valence-corrected chi connectivity index (χ1v) is 8.93. The summed E-state index contributed by atoms with van der Waals surface area (Å²) in [5, 5.41) is 3.02. The minimum absolute atomic E-state index is 0. The predicted molar refractivity (Wildman–Crippen MR) is 97.6 cm³/mol. The molecule has 133 valence electrons. The standard InChI is InChI=1S/C20H24N4O.Y/c1-15-12-17(21-3)13-16(2)20(15)22-19(25)14-23-10-7-11-24(23)18-8-5-4-6-9-18;/h7,10-13,18H,4-6,8-9,14H2,1-2H3;/p+1. The molecule has 1 saturated carbocycles. The maximum atomic E-state index is 12.6. The van der Waals surface area contributed by atoms with Crippen LogP contribution in [0.2, 0.25) is 0 Å². The molecule has 3 rings (SSSR count). The molecular formula is C20H25N4OY+. The van der Waals surface area contributed by atoms with Gasteiger partial charge in [0.25, 0.3) is 5.91 Å². The molecule has 1 aromatic carbocycles. The Kier molecular flexibility index (Phi) is 7.55. The van der Waals surface area contributed by atoms with Gasteiger partial charge in [-0.25, -0.2) is 4.85 Å². The maximum Gasteiger partial charge on any atom is 0.292 e. The van der Waals surface area contributed by atoms with Crippen molar-refractivity contribution in [3.8, 4) is 0 Å². The Labute approximate surface area is 180 Å². The van der Waals surface area contributed by atoms with Gasteiger partial charge in [0, 0.05) is 44.5 Å². The third kappa shape index (κ3) is 4.81. The molecular weight excluding hydrogens is 401 g/mol. The Morgan fingerprint density at radius 1 is 1.27 bits per heavy atom. The molecule has 1 aliphatic rings. The molecule has 1 N–H and O–H groups in total. The maximum absolute atomic E-state index is 12.6. The van der Waals surface area contributed by atoms with Gasteiger partial charge in [-0.2, -0.15) is 4.68 Å². The zero-order chi connectivity index (χ0) is 17.8. The van der Waals surface area contributed by atoms with E-state index >= 15 is 0 Å². The van der Waals surface area contributed by atoms with Gasteiger partial charge in [-0.05, 0) is 37.8 Å². The molecule has 2 aromatic rings. The SMILES string of the molecule is [C-]#[N+]c1cc(C)c(NC(=O)C[n+]2cccn2C2CCCCC2)c(C)c1.[Y]. The van der Waals surface area contributed by atoms with Crippen LogP contribution in [0.25, 0.3) is 4.85 Å². The van der Waals surface area contributed by atoms with Crippen molar-refractivity contribution >= 4 is 17.3 Å². The van der Waals surface area contributed by atoms with Crippen LogP contribution in [0.5, 0.6) is 0 Å². The number of carbonyl (C=O) groups excluding carboxylic acids is 1. The van der Waals surface area contributed by atoms with Gasteiger partial charge in [0.05, 0.1) is 18.8 Å². The average Bonchev–Trinajstić information content (AvgIpc) is 3.06. The van der Waals surface area contributed by atoms with Crippen molar-refractivity contribution in [2.45, 2.75) is 58.5 Å². The number of aryl methyl sites for hydroxylation is 2. The number of anilines is 1. The van der Waals surface area contributed by atoms with E-state index in [0.29, 0.717) is 18.3 Å². The van der Waals surface area contributed by atoms with Crippen LogP contribution in [0.15, 0.2) is 30.6 Å². The summed E-state index contributed by atoms with van der Waals surface area (Å²) in [5.41, 5.74) is 3.27. The van der Waals surface area contributed by atoms with Crippen molar-refractivity contribution < 1.29 is 42.2 Å². The van der Waals surface area contributed by atoms with Crippen molar-refractivity contribution in [2.75, 3.05) is 5.32 Å². The number of amides is 1. The summed E-state index contributed by atoms with van der Waals surface area (Å²) in [6.07, 6.45) is 10.3. The first kappa shape index (κ1) is 20.8. The van der Waals surface area contributed by atoms with E-state index in [1.54, 1.807) is 0 Å². The third-order valence-corrected chi connectivity index (χ3v) is 4.96. The number of hydrogen-bond acceptors (Lipinski definition) is 1. The van der Waals surface area contributed by atoms with E-state index in [1.165, 1.54) is 32.1 Å². The number of benzene rings is 1. The van der Waals surface area contributed by atoms with Crippen LogP contribution < -0.4 is 10.00 Å². The van der Waals surface area contributed by atoms with Crippen molar-refractivity contribution in [3.05, 3.63) is 53.1 Å². The second kappa shape index (κ2) is 9.44. The Hall–Kier alpha value is -1.51. The number of nitrogens with one attached hydrogen (secondary N) is 1. The van der Waals surface area contributed by atoms with Crippen LogP contribution in [-0.4, -0.2) is 10.6 Å². The molecule has 0 spiro atoms. The van der Waals surface area contributed by atoms with E-state index in [1.807, 2.05) is 42.9 Å². The van der Waals surface area contributed by atoms with Gasteiger partial charge in [0.2, 0.25) is 6.54 Å². The van der Waals surface area contributed by atoms with Gasteiger partial charge in [0.1, 0.15) is 0 Å². The first-order valence-electron chi connectivity index (χ1n) is 8.93. The molecule has 0 bridgehead atoms. The van der Waals surface area contributed by atoms with Crippen molar-refractivity contribution in [1.29, 1.82) is 0 Å². The van der Waals surface area contributed by atoms with Crippen LogP contribution >= 0.6 is 0 Å². The predicted octanol–water partition coefficient (Wildman–Crippen LogP) is 4.08. The van der Waals surface area contributed by atoms with Crippen LogP contribution in [0.3, 0.4) is 0 Å². The van der Waals surface area contributed by atoms with Crippen molar-refractivity contribution in [1.82, 2.24) is 4.68 Å². The van der Waals surface area contributed by atoms with Gasteiger partial charge < -0.3 is 5.32 Å². The Bertz CT molecular complexity index is 792. The second-order valence-corrected chi connectivity index (χ2v) is 6.87. The summed E-state index contributed by atoms with van der Waals surface area (Å²) in [7, 11) is 0. The smallest absolute Gasteiger partial charge is 0.292 e. The summed E-state index contributed by atoms with van der Waals surface area (Å²) in [4.78, 5) is 16.0. The van der Waals surface area contributed by atoms with E-state index in [0.717, 1.165) is 16.8 Å². The molecule has 0 saturated heterocycles. The monoisotopic (exact) mass is 426 g/mol. The summed E-state index contributed by atoms with van der Waals surface area (Å²) < 4.78 is 4.21. The molecule has 1 aliphatic carbocycles. The fourth-order valence-corrected chi connectivity index (χ4v) is 3.73. The number of carbonyl (C=O) groups is 1. The second-order valence-electron chi connectivity index (χ2n) is 6.87. The van der Waals surface area contributed by atoms with Crippen molar-refractivity contribution in [3.63, 3.8) is 0 Å². The first-order chi connectivity index (χ1) is 12.1. The van der Waals surface area contributed by atoms with E-state index in [9.17, 15) is 4.79 Å². The van der Waals surface area contributed by atoms with Gasteiger partial charge in [-0.15, -0.1) is 4.68 Å². The normalized spacial score (nSPS) is 14.3. The van der Waals surface area contributed by atoms with Gasteiger partial charge in [0.15, 0.2) is 11.9 Å². The fraction of sp³-hybridized carbons (Fsp3) is 0.450. The Balaban J connectivity index is 0.00000243. The fourth-order valence-electron chi connectivity index (χ4n) is 3.73. The molecule has 0 unspecified atom stereocenters. The number of rotatable bonds is 4. The minimum Gasteiger partial charge on any atom is -0.320 e. The molecule has 1 heterocycles. The van der Waals surface area contributed by atoms with Crippen LogP contribution in [0.4, 0.5) is 11.4 Å². The van der Waals surface area contributed by atoms with E-state index in [4.69, 9.17) is 6.57 Å². The average molecular weight is 426 g/mol. The molecule has 1 amide bonds. The topological polar surface area (TPSA) is 42.3 Å². The molecule has 5 nitrogen and oxygen atoms in total. The van der Waals surface area contributed by atoms with E-state index in [-0.39, 0.29) is 38.6 Å². The Morgan fingerprint density at radius 3 is 2.54 bits per heavy atom. The van der Waals surface area contributed by atoms with E-state index in [2.05, 4.69) is 21.0 Å². The van der Waals surface area contributed by atoms with Crippen LogP contribution in [-0.2, 0) is 44.0 Å². The van der Waals surface area contributed by atoms with Crippen molar-refractivity contribution in [2.24, 2.45) is 0 Å². The number of hydrogen-bond donors (Lipinski definition) is 1. The number of nitrogens with zero attached hydrogens (tertiary/aromatic N) is 3. The molecule has 6 heteroatoms. The largest absolute Gasteiger partial charge is 0.320 e. The molecule has 0 atom stereocenters. The van der Waals surface area contributed by atoms with Crippen LogP contribution in [0, 0.1) is 20.4 Å². The molecule has 26 heavy (non-hydrogen) atoms. The summed E-state index contributed by atoms with van der Waals surface area (Å²) in [6.45, 7) is 11.3. The van der Waals surface area contributed by atoms with E-state index < -0.39 is 0 Å². The zero-order valence-corrected chi connectivity index (χ0v) is 18.4. The summed E-state index contributed by atoms with van der Waals surface area (Å²) >= 11 is 0. The minimum atomic E-state index is -0.0393.